The summed E-state index contributed by atoms with van der Waals surface area (Å²) < 4.78 is 0. The molecule has 1 saturated carbocycles. The number of aromatic nitrogens is 4. The van der Waals surface area contributed by atoms with Crippen LogP contribution in [-0.4, -0.2) is 31.5 Å². The normalized spacial score (nSPS) is 13.4. The highest BCUT2D eigenvalue weighted by Crippen LogP contribution is 2.38. The molecule has 4 aromatic heterocycles. The van der Waals surface area contributed by atoms with Gasteiger partial charge in [-0.05, 0) is 98.9 Å². The van der Waals surface area contributed by atoms with E-state index >= 15 is 0 Å². The van der Waals surface area contributed by atoms with Crippen molar-refractivity contribution in [2.75, 3.05) is 0 Å². The quantitative estimate of drug-likeness (QED) is 0.166. The Hall–Kier alpha value is -7.31. The van der Waals surface area contributed by atoms with Crippen molar-refractivity contribution < 1.29 is 9.59 Å². The number of carbonyl (C=O) groups is 2. The zero-order valence-corrected chi connectivity index (χ0v) is 34.2. The van der Waals surface area contributed by atoms with Crippen LogP contribution in [0.3, 0.4) is 0 Å². The minimum absolute atomic E-state index is 0.133. The highest BCUT2D eigenvalue weighted by molar-refractivity contribution is 6.42. The summed E-state index contributed by atoms with van der Waals surface area (Å²) in [5.74, 6) is -0.266. The number of rotatable bonds is 4. The molecule has 6 heteroatoms. The van der Waals surface area contributed by atoms with Gasteiger partial charge in [0, 0.05) is 68.1 Å². The van der Waals surface area contributed by atoms with E-state index < -0.39 is 0 Å². The van der Waals surface area contributed by atoms with Crippen molar-refractivity contribution >= 4 is 62.3 Å². The Morgan fingerprint density at radius 3 is 1.22 bits per heavy atom. The van der Waals surface area contributed by atoms with Crippen LogP contribution in [0.5, 0.6) is 0 Å². The van der Waals surface area contributed by atoms with Crippen molar-refractivity contribution in [3.8, 4) is 44.5 Å². The van der Waals surface area contributed by atoms with E-state index in [0.29, 0.717) is 24.6 Å². The first-order chi connectivity index (χ1) is 29.2. The van der Waals surface area contributed by atoms with E-state index in [1.165, 1.54) is 11.1 Å². The first-order valence-electron chi connectivity index (χ1n) is 20.7. The number of fused-ring (bicyclic) bond motifs is 8. The Balaban J connectivity index is 1.47. The summed E-state index contributed by atoms with van der Waals surface area (Å²) in [5, 5.41) is 1.32. The van der Waals surface area contributed by atoms with Gasteiger partial charge in [-0.1, -0.05) is 119 Å². The maximum absolute atomic E-state index is 13.9. The molecule has 292 valence electrons. The Morgan fingerprint density at radius 2 is 0.783 bits per heavy atom. The first-order valence-corrected chi connectivity index (χ1v) is 20.7. The molecule has 1 fully saturated rings. The van der Waals surface area contributed by atoms with E-state index in [1.807, 2.05) is 0 Å². The van der Waals surface area contributed by atoms with Gasteiger partial charge in [0.25, 0.3) is 0 Å². The molecule has 60 heavy (non-hydrogen) atoms. The fourth-order valence-corrected chi connectivity index (χ4v) is 8.77. The average molecular weight is 781 g/mol. The van der Waals surface area contributed by atoms with E-state index in [1.54, 1.807) is 0 Å². The van der Waals surface area contributed by atoms with E-state index in [4.69, 9.17) is 4.98 Å². The topological polar surface area (TPSA) is 94.4 Å². The van der Waals surface area contributed by atoms with E-state index in [2.05, 4.69) is 182 Å². The maximum atomic E-state index is 13.9. The molecule has 6 nitrogen and oxygen atoms in total. The number of aryl methyl sites for hydroxylation is 4. The Bertz CT molecular complexity index is 3250. The van der Waals surface area contributed by atoms with Gasteiger partial charge in [0.15, 0.2) is 11.6 Å². The lowest BCUT2D eigenvalue weighted by Gasteiger charge is -2.11. The van der Waals surface area contributed by atoms with Crippen molar-refractivity contribution in [1.82, 2.24) is 19.9 Å². The minimum Gasteiger partial charge on any atom is -0.354 e. The lowest BCUT2D eigenvalue weighted by Crippen LogP contribution is -2.26. The third kappa shape index (κ3) is 6.60. The fraction of sp³-hybridized carbons (Fsp3) is 0.130. The van der Waals surface area contributed by atoms with Gasteiger partial charge in [-0.25, -0.2) is 4.98 Å². The number of nitrogens with zero attached hydrogens (tertiary/aromatic N) is 1. The van der Waals surface area contributed by atoms with Gasteiger partial charge >= 0.3 is 0 Å². The molecule has 1 aliphatic carbocycles. The van der Waals surface area contributed by atoms with Crippen LogP contribution in [0.25, 0.3) is 95.2 Å². The van der Waals surface area contributed by atoms with Crippen LogP contribution < -0.4 is 5.35 Å². The van der Waals surface area contributed by atoms with Crippen LogP contribution in [0.1, 0.15) is 52.9 Å². The molecule has 0 atom stereocenters. The number of nitrogens with one attached hydrogen (secondary N) is 3. The molecule has 0 radical (unpaired) electrons. The van der Waals surface area contributed by atoms with Crippen LogP contribution in [0.15, 0.2) is 127 Å². The summed E-state index contributed by atoms with van der Waals surface area (Å²) in [6, 6.07) is 44.7. The first kappa shape index (κ1) is 37.0. The lowest BCUT2D eigenvalue weighted by atomic mass is 9.91. The highest BCUT2D eigenvalue weighted by Gasteiger charge is 2.26. The SMILES string of the molecule is Cc1ccc(-c2c3nc(c(-c4ccc(C)cc4)c4ccc([nH]4)c(-c4ccc(C)cc4)c4cc([nH]c4=C4C(=O)CCCC4=O)c(-c4ccc(C)cc4)c4ccc2[nH]4)C=C3)cc1. The van der Waals surface area contributed by atoms with E-state index in [9.17, 15) is 9.59 Å². The third-order valence-electron chi connectivity index (χ3n) is 11.9. The Morgan fingerprint density at radius 1 is 0.417 bits per heavy atom. The zero-order valence-electron chi connectivity index (χ0n) is 34.2. The fourth-order valence-electron chi connectivity index (χ4n) is 8.77. The molecule has 4 aromatic carbocycles. The van der Waals surface area contributed by atoms with Gasteiger partial charge in [-0.3, -0.25) is 9.59 Å². The number of aromatic amines is 3. The van der Waals surface area contributed by atoms with Gasteiger partial charge in [0.1, 0.15) is 0 Å². The third-order valence-corrected chi connectivity index (χ3v) is 11.9. The summed E-state index contributed by atoms with van der Waals surface area (Å²) in [6.07, 6.45) is 5.45. The van der Waals surface area contributed by atoms with Gasteiger partial charge in [0.05, 0.1) is 22.3 Å². The standard InChI is InChI=1S/C54H44N4O2/c1-31-8-16-35(17-9-31)49-39-30-46(58-54(39)53-47(59)6-5-7-48(53)60)52(38-22-14-34(4)15-23-38)45-29-28-44(57-45)51(37-20-12-33(3)13-21-37)43-27-26-42(56-43)50(41-25-24-40(49)55-41)36-18-10-32(2)11-19-36/h8-30,55,57-58H,5-7H2,1-4H3. The molecule has 8 bridgehead atoms. The molecule has 0 saturated heterocycles. The average Bonchev–Trinajstić information content (AvgIpc) is 4.08. The second-order valence-corrected chi connectivity index (χ2v) is 16.3. The smallest absolute Gasteiger partial charge is 0.168 e. The summed E-state index contributed by atoms with van der Waals surface area (Å²) in [6.45, 7) is 8.36. The molecule has 5 heterocycles. The van der Waals surface area contributed by atoms with Crippen molar-refractivity contribution in [2.45, 2.75) is 47.0 Å². The predicted octanol–water partition coefficient (Wildman–Crippen LogP) is 12.4. The largest absolute Gasteiger partial charge is 0.354 e. The van der Waals surface area contributed by atoms with Crippen LogP contribution in [-0.2, 0) is 9.59 Å². The highest BCUT2D eigenvalue weighted by atomic mass is 16.1. The van der Waals surface area contributed by atoms with Crippen LogP contribution in [0, 0.1) is 27.7 Å². The molecule has 8 aromatic rings. The number of hydrogen-bond donors (Lipinski definition) is 3. The number of H-pyrrole nitrogens is 3. The summed E-state index contributed by atoms with van der Waals surface area (Å²) >= 11 is 0. The number of Topliss-reactive ketones (excluding diaryl/α,β-unsaturated/α-hetero) is 2. The zero-order chi connectivity index (χ0) is 41.1. The number of hydrogen-bond acceptors (Lipinski definition) is 3. The van der Waals surface area contributed by atoms with Gasteiger partial charge in [-0.2, -0.15) is 0 Å². The van der Waals surface area contributed by atoms with Gasteiger partial charge in [0.2, 0.25) is 0 Å². The molecule has 0 amide bonds. The van der Waals surface area contributed by atoms with Crippen molar-refractivity contribution in [2.24, 2.45) is 0 Å². The van der Waals surface area contributed by atoms with E-state index in [-0.39, 0.29) is 17.1 Å². The van der Waals surface area contributed by atoms with Crippen LogP contribution >= 0.6 is 0 Å². The number of benzene rings is 4. The summed E-state index contributed by atoms with van der Waals surface area (Å²) in [5.41, 5.74) is 18.7. The lowest BCUT2D eigenvalue weighted by molar-refractivity contribution is -0.120. The summed E-state index contributed by atoms with van der Waals surface area (Å²) in [4.78, 5) is 44.7. The number of carbonyl (C=O) groups excluding carboxylic acids is 2. The molecule has 0 spiro atoms. The van der Waals surface area contributed by atoms with Crippen molar-refractivity contribution in [3.63, 3.8) is 0 Å². The molecule has 10 rings (SSSR count). The predicted molar refractivity (Wildman–Crippen MR) is 247 cm³/mol. The van der Waals surface area contributed by atoms with Crippen LogP contribution in [0.2, 0.25) is 0 Å². The molecule has 3 N–H and O–H groups in total. The van der Waals surface area contributed by atoms with Gasteiger partial charge in [-0.15, -0.1) is 0 Å². The minimum atomic E-state index is -0.133. The summed E-state index contributed by atoms with van der Waals surface area (Å²) in [7, 11) is 0. The second-order valence-electron chi connectivity index (χ2n) is 16.3. The molecule has 0 unspecified atom stereocenters. The molecule has 2 aliphatic rings. The molecule has 1 aliphatic heterocycles. The number of ketones is 2. The van der Waals surface area contributed by atoms with E-state index in [0.717, 1.165) is 100.0 Å². The van der Waals surface area contributed by atoms with Crippen LogP contribution in [0.4, 0.5) is 0 Å². The second kappa shape index (κ2) is 14.8. The maximum Gasteiger partial charge on any atom is 0.168 e. The van der Waals surface area contributed by atoms with Crippen molar-refractivity contribution in [3.05, 3.63) is 166 Å². The monoisotopic (exact) mass is 780 g/mol. The Labute approximate surface area is 348 Å². The Kier molecular flexibility index (Phi) is 9.13. The van der Waals surface area contributed by atoms with Gasteiger partial charge < -0.3 is 15.0 Å². The molecular formula is C54H44N4O2. The van der Waals surface area contributed by atoms with Crippen molar-refractivity contribution in [1.29, 1.82) is 0 Å². The molecular weight excluding hydrogens is 737 g/mol.